The first-order valence-corrected chi connectivity index (χ1v) is 7.27. The van der Waals surface area contributed by atoms with E-state index in [-0.39, 0.29) is 0 Å². The van der Waals surface area contributed by atoms with E-state index in [0.29, 0.717) is 11.8 Å². The van der Waals surface area contributed by atoms with Crippen LogP contribution < -0.4 is 0 Å². The summed E-state index contributed by atoms with van der Waals surface area (Å²) in [7, 11) is 0. The molecule has 1 saturated carbocycles. The van der Waals surface area contributed by atoms with Crippen molar-refractivity contribution in [2.75, 3.05) is 0 Å². The van der Waals surface area contributed by atoms with Crippen molar-refractivity contribution in [3.05, 3.63) is 24.3 Å². The monoisotopic (exact) mass is 234 g/mol. The van der Waals surface area contributed by atoms with Crippen LogP contribution in [0.15, 0.2) is 24.3 Å². The van der Waals surface area contributed by atoms with Gasteiger partial charge in [0, 0.05) is 0 Å². The SMILES string of the molecule is C=C1CC(CC/C=C\C(C)C)[C@H](C)C(C)C1C. The molecule has 1 rings (SSSR count). The van der Waals surface area contributed by atoms with Gasteiger partial charge < -0.3 is 0 Å². The van der Waals surface area contributed by atoms with Crippen LogP contribution in [0, 0.1) is 29.6 Å². The van der Waals surface area contributed by atoms with Crippen molar-refractivity contribution >= 4 is 0 Å². The zero-order valence-electron chi connectivity index (χ0n) is 12.4. The second-order valence-corrected chi connectivity index (χ2v) is 6.38. The second kappa shape index (κ2) is 6.42. The first-order valence-electron chi connectivity index (χ1n) is 7.27. The quantitative estimate of drug-likeness (QED) is 0.566. The predicted octanol–water partition coefficient (Wildman–Crippen LogP) is 5.46. The highest BCUT2D eigenvalue weighted by molar-refractivity contribution is 5.08. The third-order valence-corrected chi connectivity index (χ3v) is 4.76. The summed E-state index contributed by atoms with van der Waals surface area (Å²) in [4.78, 5) is 0. The van der Waals surface area contributed by atoms with E-state index in [0.717, 1.165) is 17.8 Å². The largest absolute Gasteiger partial charge is 0.0996 e. The molecule has 0 heteroatoms. The maximum Gasteiger partial charge on any atom is -0.0206 e. The highest BCUT2D eigenvalue weighted by Crippen LogP contribution is 2.42. The molecule has 17 heavy (non-hydrogen) atoms. The summed E-state index contributed by atoms with van der Waals surface area (Å²) < 4.78 is 0. The molecule has 0 aromatic heterocycles. The Kier molecular flexibility index (Phi) is 5.49. The summed E-state index contributed by atoms with van der Waals surface area (Å²) in [5, 5.41) is 0. The maximum atomic E-state index is 4.27. The van der Waals surface area contributed by atoms with Crippen molar-refractivity contribution in [3.8, 4) is 0 Å². The molecule has 0 nitrogen and oxygen atoms in total. The normalized spacial score (nSPS) is 34.8. The van der Waals surface area contributed by atoms with E-state index in [1.165, 1.54) is 24.8 Å². The second-order valence-electron chi connectivity index (χ2n) is 6.38. The molecule has 1 fully saturated rings. The Hall–Kier alpha value is -0.520. The lowest BCUT2D eigenvalue weighted by Crippen LogP contribution is -2.31. The molecular weight excluding hydrogens is 204 g/mol. The zero-order valence-corrected chi connectivity index (χ0v) is 12.4. The van der Waals surface area contributed by atoms with Crippen LogP contribution in [0.2, 0.25) is 0 Å². The van der Waals surface area contributed by atoms with E-state index in [4.69, 9.17) is 0 Å². The van der Waals surface area contributed by atoms with E-state index >= 15 is 0 Å². The summed E-state index contributed by atoms with van der Waals surface area (Å²) >= 11 is 0. The summed E-state index contributed by atoms with van der Waals surface area (Å²) in [5.41, 5.74) is 1.48. The number of rotatable bonds is 4. The molecule has 0 heterocycles. The molecule has 3 unspecified atom stereocenters. The Morgan fingerprint density at radius 3 is 2.47 bits per heavy atom. The van der Waals surface area contributed by atoms with Crippen molar-refractivity contribution in [2.45, 2.75) is 53.9 Å². The van der Waals surface area contributed by atoms with Gasteiger partial charge in [-0.2, -0.15) is 0 Å². The first-order chi connectivity index (χ1) is 7.93. The van der Waals surface area contributed by atoms with Gasteiger partial charge in [-0.25, -0.2) is 0 Å². The van der Waals surface area contributed by atoms with Crippen LogP contribution in [0.3, 0.4) is 0 Å². The summed E-state index contributed by atoms with van der Waals surface area (Å²) in [6.07, 6.45) is 8.52. The Morgan fingerprint density at radius 1 is 1.24 bits per heavy atom. The van der Waals surface area contributed by atoms with E-state index in [1.54, 1.807) is 0 Å². The van der Waals surface area contributed by atoms with Crippen LogP contribution in [0.5, 0.6) is 0 Å². The molecule has 0 bridgehead atoms. The van der Waals surface area contributed by atoms with Gasteiger partial charge >= 0.3 is 0 Å². The fourth-order valence-electron chi connectivity index (χ4n) is 3.01. The van der Waals surface area contributed by atoms with Gasteiger partial charge in [0.05, 0.1) is 0 Å². The third-order valence-electron chi connectivity index (χ3n) is 4.76. The molecule has 1 aliphatic rings. The van der Waals surface area contributed by atoms with E-state index < -0.39 is 0 Å². The van der Waals surface area contributed by atoms with Crippen molar-refractivity contribution in [1.29, 1.82) is 0 Å². The summed E-state index contributed by atoms with van der Waals surface area (Å²) in [5.74, 6) is 3.91. The molecule has 98 valence electrons. The van der Waals surface area contributed by atoms with Gasteiger partial charge in [0.15, 0.2) is 0 Å². The standard InChI is InChI=1S/C17H30/c1-12(2)9-7-8-10-17-11-13(3)14(4)15(5)16(17)6/h7,9,12,14-17H,3,8,10-11H2,1-2,4-6H3/b9-7-/t14?,15?,16-,17?/m1/s1. The maximum absolute atomic E-state index is 4.27. The van der Waals surface area contributed by atoms with Gasteiger partial charge in [-0.05, 0) is 48.9 Å². The van der Waals surface area contributed by atoms with Crippen molar-refractivity contribution in [2.24, 2.45) is 29.6 Å². The fraction of sp³-hybridized carbons (Fsp3) is 0.765. The van der Waals surface area contributed by atoms with Crippen LogP contribution in [0.25, 0.3) is 0 Å². The molecule has 0 amide bonds. The molecular formula is C17H30. The minimum Gasteiger partial charge on any atom is -0.0996 e. The molecule has 0 saturated heterocycles. The zero-order chi connectivity index (χ0) is 13.0. The first kappa shape index (κ1) is 14.5. The molecule has 0 spiro atoms. The van der Waals surface area contributed by atoms with Crippen LogP contribution in [-0.4, -0.2) is 0 Å². The smallest absolute Gasteiger partial charge is 0.0206 e. The number of allylic oxidation sites excluding steroid dienone is 3. The van der Waals surface area contributed by atoms with Crippen LogP contribution >= 0.6 is 0 Å². The van der Waals surface area contributed by atoms with Gasteiger partial charge in [-0.3, -0.25) is 0 Å². The van der Waals surface area contributed by atoms with Gasteiger partial charge in [-0.1, -0.05) is 58.9 Å². The molecule has 0 aromatic rings. The minimum absolute atomic E-state index is 0.688. The summed E-state index contributed by atoms with van der Waals surface area (Å²) in [6, 6.07) is 0. The van der Waals surface area contributed by atoms with E-state index in [9.17, 15) is 0 Å². The molecule has 0 aromatic carbocycles. The van der Waals surface area contributed by atoms with Gasteiger partial charge in [-0.15, -0.1) is 0 Å². The Bertz CT molecular complexity index is 272. The van der Waals surface area contributed by atoms with Crippen LogP contribution in [0.4, 0.5) is 0 Å². The number of hydrogen-bond acceptors (Lipinski definition) is 0. The molecule has 1 aliphatic carbocycles. The van der Waals surface area contributed by atoms with Gasteiger partial charge in [0.25, 0.3) is 0 Å². The lowest BCUT2D eigenvalue weighted by molar-refractivity contribution is 0.166. The van der Waals surface area contributed by atoms with Gasteiger partial charge in [0.2, 0.25) is 0 Å². The third kappa shape index (κ3) is 4.01. The minimum atomic E-state index is 0.688. The lowest BCUT2D eigenvalue weighted by Gasteiger charge is -2.40. The Balaban J connectivity index is 2.46. The number of hydrogen-bond donors (Lipinski definition) is 0. The molecule has 0 radical (unpaired) electrons. The average Bonchev–Trinajstić information content (AvgIpc) is 2.27. The average molecular weight is 234 g/mol. The van der Waals surface area contributed by atoms with Crippen molar-refractivity contribution < 1.29 is 0 Å². The summed E-state index contributed by atoms with van der Waals surface area (Å²) in [6.45, 7) is 15.9. The molecule has 4 atom stereocenters. The Labute approximate surface area is 108 Å². The van der Waals surface area contributed by atoms with E-state index in [1.807, 2.05) is 0 Å². The Morgan fingerprint density at radius 2 is 1.88 bits per heavy atom. The van der Waals surface area contributed by atoms with Crippen LogP contribution in [-0.2, 0) is 0 Å². The predicted molar refractivity (Wildman–Crippen MR) is 78.0 cm³/mol. The fourth-order valence-corrected chi connectivity index (χ4v) is 3.01. The van der Waals surface area contributed by atoms with Crippen molar-refractivity contribution in [1.82, 2.24) is 0 Å². The van der Waals surface area contributed by atoms with E-state index in [2.05, 4.69) is 53.3 Å². The van der Waals surface area contributed by atoms with Gasteiger partial charge in [0.1, 0.15) is 0 Å². The highest BCUT2D eigenvalue weighted by Gasteiger charge is 2.33. The molecule has 0 N–H and O–H groups in total. The lowest BCUT2D eigenvalue weighted by atomic mass is 9.65. The topological polar surface area (TPSA) is 0 Å². The van der Waals surface area contributed by atoms with Crippen LogP contribution in [0.1, 0.15) is 53.9 Å². The van der Waals surface area contributed by atoms with Crippen molar-refractivity contribution in [3.63, 3.8) is 0 Å². The molecule has 0 aliphatic heterocycles. The highest BCUT2D eigenvalue weighted by atomic mass is 14.4.